The summed E-state index contributed by atoms with van der Waals surface area (Å²) in [7, 11) is 0.0180. The predicted molar refractivity (Wildman–Crippen MR) is 130 cm³/mol. The average molecular weight is 497 g/mol. The molecule has 0 unspecified atom stereocenters. The number of amides is 1. The van der Waals surface area contributed by atoms with E-state index in [9.17, 15) is 13.2 Å². The maximum Gasteiger partial charge on any atom is 0.263 e. The molecule has 2 heterocycles. The Balaban J connectivity index is 1.74. The van der Waals surface area contributed by atoms with E-state index in [-0.39, 0.29) is 10.6 Å². The number of anilines is 1. The van der Waals surface area contributed by atoms with Gasteiger partial charge in [0.15, 0.2) is 0 Å². The van der Waals surface area contributed by atoms with Gasteiger partial charge in [-0.15, -0.1) is 0 Å². The van der Waals surface area contributed by atoms with Crippen molar-refractivity contribution in [2.45, 2.75) is 31.3 Å². The quantitative estimate of drug-likeness (QED) is 0.507. The van der Waals surface area contributed by atoms with Crippen LogP contribution in [-0.2, 0) is 16.6 Å². The third kappa shape index (κ3) is 6.47. The molecule has 0 spiro atoms. The van der Waals surface area contributed by atoms with Crippen molar-refractivity contribution in [2.75, 3.05) is 58.3 Å². The van der Waals surface area contributed by atoms with Crippen LogP contribution in [0.5, 0.6) is 0 Å². The topological polar surface area (TPSA) is 90.8 Å². The summed E-state index contributed by atoms with van der Waals surface area (Å²) in [4.78, 5) is 17.0. The first-order valence-corrected chi connectivity index (χ1v) is 13.0. The van der Waals surface area contributed by atoms with Gasteiger partial charge in [0.25, 0.3) is 15.9 Å². The fourth-order valence-corrected chi connectivity index (χ4v) is 5.47. The number of nitrogens with zero attached hydrogens (tertiary/aromatic N) is 5. The van der Waals surface area contributed by atoms with E-state index < -0.39 is 15.9 Å². The third-order valence-electron chi connectivity index (χ3n) is 5.49. The number of hydrogen-bond acceptors (Lipinski definition) is 6. The van der Waals surface area contributed by atoms with Gasteiger partial charge in [0.2, 0.25) is 5.03 Å². The molecule has 11 heteroatoms. The Labute approximate surface area is 201 Å². The van der Waals surface area contributed by atoms with Crippen LogP contribution in [0.2, 0.25) is 5.02 Å². The Morgan fingerprint density at radius 3 is 2.58 bits per heavy atom. The zero-order valence-electron chi connectivity index (χ0n) is 19.5. The van der Waals surface area contributed by atoms with Crippen LogP contribution in [-0.4, -0.2) is 86.7 Å². The van der Waals surface area contributed by atoms with Crippen LogP contribution in [0.1, 0.15) is 30.1 Å². The Bertz CT molecular complexity index is 1050. The lowest BCUT2D eigenvalue weighted by atomic mass is 10.2. The van der Waals surface area contributed by atoms with Crippen molar-refractivity contribution in [1.82, 2.24) is 24.3 Å². The summed E-state index contributed by atoms with van der Waals surface area (Å²) in [6.45, 7) is 5.48. The van der Waals surface area contributed by atoms with Crippen LogP contribution in [0.4, 0.5) is 5.69 Å². The van der Waals surface area contributed by atoms with Gasteiger partial charge in [0.1, 0.15) is 0 Å². The van der Waals surface area contributed by atoms with Crippen LogP contribution in [0.15, 0.2) is 35.5 Å². The zero-order chi connectivity index (χ0) is 24.0. The molecule has 3 rings (SSSR count). The van der Waals surface area contributed by atoms with E-state index in [2.05, 4.69) is 15.3 Å². The molecular weight excluding hydrogens is 464 g/mol. The summed E-state index contributed by atoms with van der Waals surface area (Å²) in [5.41, 5.74) is 1.06. The van der Waals surface area contributed by atoms with Crippen molar-refractivity contribution >= 4 is 33.2 Å². The molecule has 0 radical (unpaired) electrons. The first kappa shape index (κ1) is 25.5. The summed E-state index contributed by atoms with van der Waals surface area (Å²) in [5, 5.41) is 7.61. The van der Waals surface area contributed by atoms with Gasteiger partial charge in [-0.25, -0.2) is 8.42 Å². The van der Waals surface area contributed by atoms with Crippen LogP contribution in [0, 0.1) is 0 Å². The number of halogens is 1. The normalized spacial score (nSPS) is 15.2. The highest BCUT2D eigenvalue weighted by Crippen LogP contribution is 2.24. The van der Waals surface area contributed by atoms with Crippen molar-refractivity contribution in [1.29, 1.82) is 0 Å². The van der Waals surface area contributed by atoms with E-state index in [1.54, 1.807) is 10.9 Å². The van der Waals surface area contributed by atoms with Gasteiger partial charge < -0.3 is 15.1 Å². The molecule has 1 aromatic carbocycles. The van der Waals surface area contributed by atoms with Crippen molar-refractivity contribution in [3.63, 3.8) is 0 Å². The van der Waals surface area contributed by atoms with E-state index in [1.807, 2.05) is 50.2 Å². The standard InChI is InChI=1S/C22H33ClN6O3S/c1-4-10-28-17-20(21(30)24-9-6-11-26(2)3)22(25-28)33(31,32)29-14-12-27(13-15-29)19-8-5-7-18(23)16-19/h5,7-8,16-17H,4,6,9-15H2,1-3H3,(H,24,30). The summed E-state index contributed by atoms with van der Waals surface area (Å²) in [6, 6.07) is 7.52. The molecule has 1 N–H and O–H groups in total. The molecule has 1 saturated heterocycles. The van der Waals surface area contributed by atoms with Crippen LogP contribution < -0.4 is 10.2 Å². The molecule has 0 atom stereocenters. The summed E-state index contributed by atoms with van der Waals surface area (Å²) in [5.74, 6) is -0.410. The number of rotatable bonds is 10. The SMILES string of the molecule is CCCn1cc(C(=O)NCCCN(C)C)c(S(=O)(=O)N2CCN(c3cccc(Cl)c3)CC2)n1. The number of piperazine rings is 1. The number of aromatic nitrogens is 2. The molecule has 1 aliphatic rings. The predicted octanol–water partition coefficient (Wildman–Crippen LogP) is 2.14. The number of carbonyl (C=O) groups is 1. The lowest BCUT2D eigenvalue weighted by Crippen LogP contribution is -2.49. The molecule has 0 saturated carbocycles. The van der Waals surface area contributed by atoms with Crippen molar-refractivity contribution < 1.29 is 13.2 Å². The minimum absolute atomic E-state index is 0.102. The number of nitrogens with one attached hydrogen (secondary N) is 1. The lowest BCUT2D eigenvalue weighted by Gasteiger charge is -2.35. The van der Waals surface area contributed by atoms with Gasteiger partial charge in [-0.3, -0.25) is 9.48 Å². The maximum atomic E-state index is 13.5. The van der Waals surface area contributed by atoms with Crippen LogP contribution in [0.25, 0.3) is 0 Å². The van der Waals surface area contributed by atoms with Gasteiger partial charge >= 0.3 is 0 Å². The van der Waals surface area contributed by atoms with Crippen molar-refractivity contribution in [3.05, 3.63) is 41.0 Å². The first-order chi connectivity index (χ1) is 15.7. The molecule has 0 aliphatic carbocycles. The number of hydrogen-bond donors (Lipinski definition) is 1. The molecule has 33 heavy (non-hydrogen) atoms. The smallest absolute Gasteiger partial charge is 0.263 e. The zero-order valence-corrected chi connectivity index (χ0v) is 21.1. The number of sulfonamides is 1. The average Bonchev–Trinajstić information content (AvgIpc) is 3.22. The third-order valence-corrected chi connectivity index (χ3v) is 7.56. The van der Waals surface area contributed by atoms with Crippen molar-refractivity contribution in [3.8, 4) is 0 Å². The number of benzene rings is 1. The molecule has 1 amide bonds. The van der Waals surface area contributed by atoms with E-state index in [4.69, 9.17) is 11.6 Å². The highest BCUT2D eigenvalue weighted by molar-refractivity contribution is 7.89. The summed E-state index contributed by atoms with van der Waals surface area (Å²) >= 11 is 6.10. The Morgan fingerprint density at radius 1 is 1.21 bits per heavy atom. The van der Waals surface area contributed by atoms with Gasteiger partial charge in [0, 0.05) is 56.2 Å². The first-order valence-electron chi connectivity index (χ1n) is 11.2. The largest absolute Gasteiger partial charge is 0.369 e. The Morgan fingerprint density at radius 2 is 1.94 bits per heavy atom. The van der Waals surface area contributed by atoms with Gasteiger partial charge in [-0.05, 0) is 51.7 Å². The van der Waals surface area contributed by atoms with Crippen molar-refractivity contribution in [2.24, 2.45) is 0 Å². The fraction of sp³-hybridized carbons (Fsp3) is 0.545. The minimum atomic E-state index is -3.91. The highest BCUT2D eigenvalue weighted by Gasteiger charge is 2.34. The highest BCUT2D eigenvalue weighted by atomic mass is 35.5. The second-order valence-electron chi connectivity index (χ2n) is 8.39. The monoisotopic (exact) mass is 496 g/mol. The van der Waals surface area contributed by atoms with Crippen LogP contribution in [0.3, 0.4) is 0 Å². The number of carbonyl (C=O) groups excluding carboxylic acids is 1. The molecule has 182 valence electrons. The van der Waals surface area contributed by atoms with Gasteiger partial charge in [-0.2, -0.15) is 9.40 Å². The van der Waals surface area contributed by atoms with Crippen LogP contribution >= 0.6 is 11.6 Å². The van der Waals surface area contributed by atoms with E-state index in [0.717, 1.165) is 25.1 Å². The number of aryl methyl sites for hydroxylation is 1. The molecule has 0 bridgehead atoms. The van der Waals surface area contributed by atoms with E-state index in [0.29, 0.717) is 44.3 Å². The van der Waals surface area contributed by atoms with E-state index >= 15 is 0 Å². The molecule has 1 aliphatic heterocycles. The summed E-state index contributed by atoms with van der Waals surface area (Å²) in [6.07, 6.45) is 3.10. The maximum absolute atomic E-state index is 13.5. The van der Waals surface area contributed by atoms with E-state index in [1.165, 1.54) is 4.31 Å². The molecule has 9 nitrogen and oxygen atoms in total. The molecular formula is C22H33ClN6O3S. The molecule has 1 aromatic heterocycles. The lowest BCUT2D eigenvalue weighted by molar-refractivity contribution is 0.0948. The van der Waals surface area contributed by atoms with Gasteiger partial charge in [0.05, 0.1) is 5.56 Å². The minimum Gasteiger partial charge on any atom is -0.369 e. The second kappa shape index (κ2) is 11.3. The molecule has 1 fully saturated rings. The Hall–Kier alpha value is -2.14. The Kier molecular flexibility index (Phi) is 8.75. The van der Waals surface area contributed by atoms with Gasteiger partial charge in [-0.1, -0.05) is 24.6 Å². The summed E-state index contributed by atoms with van der Waals surface area (Å²) < 4.78 is 29.9. The second-order valence-corrected chi connectivity index (χ2v) is 10.7. The molecule has 2 aromatic rings. The fourth-order valence-electron chi connectivity index (χ4n) is 3.77.